The van der Waals surface area contributed by atoms with Crippen molar-refractivity contribution in [3.05, 3.63) is 46.5 Å². The number of hydrogen-bond acceptors (Lipinski definition) is 4. The summed E-state index contributed by atoms with van der Waals surface area (Å²) in [5.41, 5.74) is 4.22. The maximum Gasteiger partial charge on any atom is 0.243 e. The van der Waals surface area contributed by atoms with Gasteiger partial charge in [-0.2, -0.15) is 0 Å². The van der Waals surface area contributed by atoms with Crippen LogP contribution in [-0.4, -0.2) is 33.2 Å². The number of aryl methyl sites for hydroxylation is 2. The van der Waals surface area contributed by atoms with E-state index < -0.39 is 0 Å². The van der Waals surface area contributed by atoms with E-state index in [2.05, 4.69) is 35.3 Å². The minimum absolute atomic E-state index is 0.110. The normalized spacial score (nSPS) is 13.2. The van der Waals surface area contributed by atoms with E-state index in [0.29, 0.717) is 22.2 Å². The molecule has 0 saturated heterocycles. The van der Waals surface area contributed by atoms with E-state index in [9.17, 15) is 4.79 Å². The van der Waals surface area contributed by atoms with E-state index in [0.717, 1.165) is 25.1 Å². The average molecular weight is 375 g/mol. The second-order valence-corrected chi connectivity index (χ2v) is 6.80. The standard InChI is InChI=1S/C20H23ClN2O3/c1-13-6-7-17-14(9-13)5-4-8-23(17)12-20(24)22-16-11-18(25-2)15(21)10-19(16)26-3/h6-7,9-11H,4-5,8,12H2,1-3H3,(H,22,24). The molecule has 26 heavy (non-hydrogen) atoms. The monoisotopic (exact) mass is 374 g/mol. The van der Waals surface area contributed by atoms with Crippen LogP contribution in [0.15, 0.2) is 30.3 Å². The molecule has 0 aromatic heterocycles. The highest BCUT2D eigenvalue weighted by molar-refractivity contribution is 6.32. The summed E-state index contributed by atoms with van der Waals surface area (Å²) in [6, 6.07) is 9.69. The summed E-state index contributed by atoms with van der Waals surface area (Å²) in [5, 5.41) is 3.34. The summed E-state index contributed by atoms with van der Waals surface area (Å²) in [4.78, 5) is 14.7. The van der Waals surface area contributed by atoms with Gasteiger partial charge in [0.2, 0.25) is 5.91 Å². The third-order valence-electron chi connectivity index (χ3n) is 4.53. The van der Waals surface area contributed by atoms with Gasteiger partial charge in [0.25, 0.3) is 0 Å². The first-order valence-corrected chi connectivity index (χ1v) is 8.95. The Morgan fingerprint density at radius 2 is 1.96 bits per heavy atom. The van der Waals surface area contributed by atoms with Crippen LogP contribution in [0.2, 0.25) is 5.02 Å². The van der Waals surface area contributed by atoms with E-state index >= 15 is 0 Å². The average Bonchev–Trinajstić information content (AvgIpc) is 2.62. The lowest BCUT2D eigenvalue weighted by molar-refractivity contribution is -0.115. The molecule has 6 heteroatoms. The quantitative estimate of drug-likeness (QED) is 0.857. The summed E-state index contributed by atoms with van der Waals surface area (Å²) in [7, 11) is 3.07. The van der Waals surface area contributed by atoms with Crippen molar-refractivity contribution in [2.45, 2.75) is 19.8 Å². The Hall–Kier alpha value is -2.40. The van der Waals surface area contributed by atoms with Crippen LogP contribution in [0.4, 0.5) is 11.4 Å². The van der Waals surface area contributed by atoms with Gasteiger partial charge in [0.15, 0.2) is 0 Å². The van der Waals surface area contributed by atoms with Crippen LogP contribution in [0, 0.1) is 6.92 Å². The molecule has 138 valence electrons. The Morgan fingerprint density at radius 1 is 1.19 bits per heavy atom. The number of amides is 1. The molecule has 1 aliphatic rings. The predicted octanol–water partition coefficient (Wildman–Crippen LogP) is 4.06. The van der Waals surface area contributed by atoms with Gasteiger partial charge < -0.3 is 19.7 Å². The van der Waals surface area contributed by atoms with Gasteiger partial charge in [0, 0.05) is 24.4 Å². The van der Waals surface area contributed by atoms with Gasteiger partial charge >= 0.3 is 0 Å². The molecule has 0 spiro atoms. The van der Waals surface area contributed by atoms with E-state index in [1.165, 1.54) is 25.3 Å². The van der Waals surface area contributed by atoms with E-state index in [1.54, 1.807) is 12.1 Å². The van der Waals surface area contributed by atoms with Crippen LogP contribution in [0.25, 0.3) is 0 Å². The molecule has 0 bridgehead atoms. The lowest BCUT2D eigenvalue weighted by Crippen LogP contribution is -2.36. The summed E-state index contributed by atoms with van der Waals surface area (Å²) < 4.78 is 10.5. The number of carbonyl (C=O) groups excluding carboxylic acids is 1. The number of nitrogens with zero attached hydrogens (tertiary/aromatic N) is 1. The molecule has 1 N–H and O–H groups in total. The van der Waals surface area contributed by atoms with Gasteiger partial charge in [-0.3, -0.25) is 4.79 Å². The molecule has 0 radical (unpaired) electrons. The Balaban J connectivity index is 1.76. The van der Waals surface area contributed by atoms with Crippen molar-refractivity contribution in [3.63, 3.8) is 0 Å². The molecule has 5 nitrogen and oxygen atoms in total. The summed E-state index contributed by atoms with van der Waals surface area (Å²) in [5.74, 6) is 0.876. The maximum absolute atomic E-state index is 12.6. The highest BCUT2D eigenvalue weighted by Crippen LogP contribution is 2.36. The Kier molecular flexibility index (Phi) is 5.57. The number of benzene rings is 2. The summed E-state index contributed by atoms with van der Waals surface area (Å²) in [6.45, 7) is 3.24. The molecule has 1 heterocycles. The number of halogens is 1. The lowest BCUT2D eigenvalue weighted by Gasteiger charge is -2.31. The number of methoxy groups -OCH3 is 2. The number of fused-ring (bicyclic) bond motifs is 1. The van der Waals surface area contributed by atoms with Crippen LogP contribution < -0.4 is 19.7 Å². The molecule has 1 amide bonds. The molecular weight excluding hydrogens is 352 g/mol. The second-order valence-electron chi connectivity index (χ2n) is 6.39. The fourth-order valence-electron chi connectivity index (χ4n) is 3.29. The fourth-order valence-corrected chi connectivity index (χ4v) is 3.52. The molecule has 0 fully saturated rings. The van der Waals surface area contributed by atoms with E-state index in [4.69, 9.17) is 21.1 Å². The second kappa shape index (κ2) is 7.87. The van der Waals surface area contributed by atoms with Gasteiger partial charge in [-0.15, -0.1) is 0 Å². The van der Waals surface area contributed by atoms with Crippen molar-refractivity contribution >= 4 is 28.9 Å². The van der Waals surface area contributed by atoms with E-state index in [-0.39, 0.29) is 12.5 Å². The number of anilines is 2. The van der Waals surface area contributed by atoms with Crippen LogP contribution >= 0.6 is 11.6 Å². The van der Waals surface area contributed by atoms with Crippen molar-refractivity contribution in [1.82, 2.24) is 0 Å². The van der Waals surface area contributed by atoms with Gasteiger partial charge in [-0.25, -0.2) is 0 Å². The Labute approximate surface area is 158 Å². The Morgan fingerprint density at radius 3 is 2.69 bits per heavy atom. The van der Waals surface area contributed by atoms with Gasteiger partial charge in [-0.1, -0.05) is 29.3 Å². The van der Waals surface area contributed by atoms with Crippen LogP contribution in [0.1, 0.15) is 17.5 Å². The number of rotatable bonds is 5. The number of hydrogen-bond donors (Lipinski definition) is 1. The first kappa shape index (κ1) is 18.4. The molecule has 0 atom stereocenters. The van der Waals surface area contributed by atoms with Crippen molar-refractivity contribution in [1.29, 1.82) is 0 Å². The zero-order valence-electron chi connectivity index (χ0n) is 15.3. The topological polar surface area (TPSA) is 50.8 Å². The van der Waals surface area contributed by atoms with Crippen molar-refractivity contribution in [3.8, 4) is 11.5 Å². The third kappa shape index (κ3) is 3.88. The van der Waals surface area contributed by atoms with Crippen molar-refractivity contribution in [2.24, 2.45) is 0 Å². The minimum Gasteiger partial charge on any atom is -0.495 e. The molecule has 0 saturated carbocycles. The van der Waals surface area contributed by atoms with Crippen LogP contribution in [-0.2, 0) is 11.2 Å². The smallest absolute Gasteiger partial charge is 0.243 e. The summed E-state index contributed by atoms with van der Waals surface area (Å²) in [6.07, 6.45) is 2.10. The van der Waals surface area contributed by atoms with Crippen LogP contribution in [0.3, 0.4) is 0 Å². The van der Waals surface area contributed by atoms with Gasteiger partial charge in [0.05, 0.1) is 31.5 Å². The molecular formula is C20H23ClN2O3. The molecule has 2 aromatic rings. The molecule has 0 unspecified atom stereocenters. The SMILES string of the molecule is COc1cc(NC(=O)CN2CCCc3cc(C)ccc32)c(OC)cc1Cl. The maximum atomic E-state index is 12.6. The van der Waals surface area contributed by atoms with Crippen molar-refractivity contribution in [2.75, 3.05) is 37.5 Å². The zero-order chi connectivity index (χ0) is 18.7. The third-order valence-corrected chi connectivity index (χ3v) is 4.83. The van der Waals surface area contributed by atoms with Gasteiger partial charge in [0.1, 0.15) is 11.5 Å². The first-order valence-electron chi connectivity index (χ1n) is 8.57. The molecule has 1 aliphatic heterocycles. The Bertz CT molecular complexity index is 823. The fraction of sp³-hybridized carbons (Fsp3) is 0.350. The largest absolute Gasteiger partial charge is 0.495 e. The lowest BCUT2D eigenvalue weighted by atomic mass is 9.99. The highest BCUT2D eigenvalue weighted by Gasteiger charge is 2.20. The minimum atomic E-state index is -0.110. The highest BCUT2D eigenvalue weighted by atomic mass is 35.5. The van der Waals surface area contributed by atoms with E-state index in [1.807, 2.05) is 0 Å². The number of ether oxygens (including phenoxy) is 2. The van der Waals surface area contributed by atoms with Crippen LogP contribution in [0.5, 0.6) is 11.5 Å². The molecule has 3 rings (SSSR count). The zero-order valence-corrected chi connectivity index (χ0v) is 16.0. The predicted molar refractivity (Wildman–Crippen MR) is 105 cm³/mol. The van der Waals surface area contributed by atoms with Crippen molar-refractivity contribution < 1.29 is 14.3 Å². The number of carbonyl (C=O) groups is 1. The summed E-state index contributed by atoms with van der Waals surface area (Å²) >= 11 is 6.12. The molecule has 2 aromatic carbocycles. The first-order chi connectivity index (χ1) is 12.5. The number of nitrogens with one attached hydrogen (secondary N) is 1. The molecule has 0 aliphatic carbocycles. The van der Waals surface area contributed by atoms with Gasteiger partial charge in [-0.05, 0) is 31.4 Å².